The maximum atomic E-state index is 11.6. The highest BCUT2D eigenvalue weighted by Crippen LogP contribution is 2.69. The molecule has 5 unspecified atom stereocenters. The van der Waals surface area contributed by atoms with Crippen LogP contribution in [0, 0.1) is 51.8 Å². The molecule has 1 aromatic rings. The van der Waals surface area contributed by atoms with Gasteiger partial charge in [-0.2, -0.15) is 5.21 Å². The number of aromatic nitrogens is 4. The largest absolute Gasteiger partial charge is 0.393 e. The highest BCUT2D eigenvalue weighted by molar-refractivity contribution is 5.18. The Kier molecular flexibility index (Phi) is 7.43. The van der Waals surface area contributed by atoms with Crippen molar-refractivity contribution in [3.8, 4) is 0 Å². The highest BCUT2D eigenvalue weighted by Gasteiger charge is 2.63. The summed E-state index contributed by atoms with van der Waals surface area (Å²) in [6.45, 7) is 15.3. The fourth-order valence-corrected chi connectivity index (χ4v) is 10.6. The Morgan fingerprint density at radius 3 is 2.47 bits per heavy atom. The summed E-state index contributed by atoms with van der Waals surface area (Å²) < 4.78 is 0. The summed E-state index contributed by atoms with van der Waals surface area (Å²) in [5, 5.41) is 39.2. The molecule has 11 atom stereocenters. The Morgan fingerprint density at radius 2 is 1.76 bits per heavy atom. The molecule has 0 radical (unpaired) electrons. The van der Waals surface area contributed by atoms with Gasteiger partial charge >= 0.3 is 0 Å². The number of nitrogens with one attached hydrogen (secondary N) is 2. The van der Waals surface area contributed by atoms with Crippen LogP contribution in [0.5, 0.6) is 0 Å². The van der Waals surface area contributed by atoms with E-state index in [0.29, 0.717) is 41.5 Å². The summed E-state index contributed by atoms with van der Waals surface area (Å²) in [4.78, 5) is 0. The van der Waals surface area contributed by atoms with Gasteiger partial charge in [-0.25, -0.2) is 0 Å². The zero-order valence-electron chi connectivity index (χ0n) is 24.7. The number of anilines is 1. The lowest BCUT2D eigenvalue weighted by Gasteiger charge is -2.62. The molecular weight excluding hydrogens is 476 g/mol. The summed E-state index contributed by atoms with van der Waals surface area (Å²) in [6.07, 6.45) is 10.3. The third kappa shape index (κ3) is 4.91. The first kappa shape index (κ1) is 28.3. The van der Waals surface area contributed by atoms with Crippen molar-refractivity contribution in [2.45, 2.75) is 123 Å². The van der Waals surface area contributed by atoms with Crippen molar-refractivity contribution < 1.29 is 10.2 Å². The van der Waals surface area contributed by atoms with Crippen LogP contribution in [-0.2, 0) is 0 Å². The average Bonchev–Trinajstić information content (AvgIpc) is 3.46. The number of aliphatic hydroxyl groups is 2. The number of fused-ring (bicyclic) bond motifs is 5. The molecular formula is C30H54N6O2. The topological polar surface area (TPSA) is 133 Å². The Bertz CT molecular complexity index is 953. The normalized spacial score (nSPS) is 43.4. The standard InChI is InChI=1S/C30H54N6O2/c1-18(27(2,3)17-28(4,31)13-14-32-26-33-35-36-34-26)21-7-8-22-25-23(10-12-30(21,22)6)29(5)11-9-20(37)15-19(29)16-24(25)38/h18-25,37-38H,7-17,31H2,1-6H3,(H2,32,33,34,35,36)/t18-,19-,20+,21?,22?,23?,24+,25?,28?,29-,30+/m0/s1. The van der Waals surface area contributed by atoms with E-state index < -0.39 is 0 Å². The minimum absolute atomic E-state index is 0.108. The molecule has 1 aromatic heterocycles. The molecule has 6 N–H and O–H groups in total. The first-order valence-electron chi connectivity index (χ1n) is 15.4. The minimum atomic E-state index is -0.292. The lowest BCUT2D eigenvalue weighted by Crippen LogP contribution is -2.59. The van der Waals surface area contributed by atoms with Gasteiger partial charge in [0.05, 0.1) is 12.2 Å². The molecule has 4 aliphatic carbocycles. The Morgan fingerprint density at radius 1 is 1.05 bits per heavy atom. The van der Waals surface area contributed by atoms with Gasteiger partial charge in [0.2, 0.25) is 0 Å². The molecule has 4 aliphatic rings. The molecule has 0 aliphatic heterocycles. The van der Waals surface area contributed by atoms with Gasteiger partial charge in [-0.1, -0.05) is 39.7 Å². The third-order valence-corrected chi connectivity index (χ3v) is 12.7. The number of tetrazole rings is 1. The van der Waals surface area contributed by atoms with Crippen molar-refractivity contribution in [3.63, 3.8) is 0 Å². The SMILES string of the molecule is C[C@@H](C1CCC2C3C(CC[C@@]21C)[C@@]1(C)CC[C@@H](O)C[C@H]1C[C@H]3O)C(C)(C)CC(C)(N)CCNc1nn[nH]n1. The van der Waals surface area contributed by atoms with Crippen LogP contribution in [0.15, 0.2) is 0 Å². The number of hydrogen-bond donors (Lipinski definition) is 5. The van der Waals surface area contributed by atoms with E-state index in [9.17, 15) is 10.2 Å². The fraction of sp³-hybridized carbons (Fsp3) is 0.967. The van der Waals surface area contributed by atoms with Crippen LogP contribution in [0.3, 0.4) is 0 Å². The Hall–Kier alpha value is -1.25. The molecule has 8 heteroatoms. The van der Waals surface area contributed by atoms with Crippen LogP contribution in [-0.4, -0.2) is 55.1 Å². The van der Waals surface area contributed by atoms with Gasteiger partial charge in [-0.05, 0) is 128 Å². The fourth-order valence-electron chi connectivity index (χ4n) is 10.6. The van der Waals surface area contributed by atoms with E-state index in [1.165, 1.54) is 25.7 Å². The van der Waals surface area contributed by atoms with Crippen LogP contribution in [0.2, 0.25) is 0 Å². The van der Waals surface area contributed by atoms with E-state index in [4.69, 9.17) is 5.73 Å². The molecule has 4 fully saturated rings. The molecule has 4 saturated carbocycles. The van der Waals surface area contributed by atoms with Crippen molar-refractivity contribution in [1.29, 1.82) is 0 Å². The average molecular weight is 531 g/mol. The number of hydrogen-bond acceptors (Lipinski definition) is 7. The monoisotopic (exact) mass is 530 g/mol. The highest BCUT2D eigenvalue weighted by atomic mass is 16.3. The van der Waals surface area contributed by atoms with Gasteiger partial charge in [0.15, 0.2) is 0 Å². The van der Waals surface area contributed by atoms with Crippen molar-refractivity contribution in [3.05, 3.63) is 0 Å². The van der Waals surface area contributed by atoms with Crippen LogP contribution in [0.4, 0.5) is 5.95 Å². The van der Waals surface area contributed by atoms with Crippen molar-refractivity contribution in [2.24, 2.45) is 57.5 Å². The van der Waals surface area contributed by atoms with E-state index in [-0.39, 0.29) is 34.0 Å². The van der Waals surface area contributed by atoms with Crippen molar-refractivity contribution >= 4 is 5.95 Å². The first-order chi connectivity index (χ1) is 17.8. The number of H-pyrrole nitrogens is 1. The summed E-state index contributed by atoms with van der Waals surface area (Å²) in [7, 11) is 0. The summed E-state index contributed by atoms with van der Waals surface area (Å²) >= 11 is 0. The number of rotatable bonds is 8. The van der Waals surface area contributed by atoms with E-state index in [1.807, 2.05) is 0 Å². The lowest BCUT2D eigenvalue weighted by atomic mass is 9.43. The Balaban J connectivity index is 1.27. The van der Waals surface area contributed by atoms with Crippen molar-refractivity contribution in [2.75, 3.05) is 11.9 Å². The van der Waals surface area contributed by atoms with Crippen LogP contribution in [0.1, 0.15) is 106 Å². The zero-order chi connectivity index (χ0) is 27.5. The molecule has 0 aromatic carbocycles. The zero-order valence-corrected chi connectivity index (χ0v) is 24.7. The van der Waals surface area contributed by atoms with Gasteiger partial charge in [0.25, 0.3) is 5.95 Å². The maximum Gasteiger partial charge on any atom is 0.263 e. The quantitative estimate of drug-likeness (QED) is 0.327. The second-order valence-corrected chi connectivity index (χ2v) is 15.5. The number of aliphatic hydroxyl groups excluding tert-OH is 2. The minimum Gasteiger partial charge on any atom is -0.393 e. The van der Waals surface area contributed by atoms with E-state index in [2.05, 4.69) is 67.5 Å². The molecule has 0 saturated heterocycles. The van der Waals surface area contributed by atoms with Gasteiger partial charge < -0.3 is 21.3 Å². The third-order valence-electron chi connectivity index (χ3n) is 12.7. The molecule has 216 valence electrons. The van der Waals surface area contributed by atoms with Crippen LogP contribution >= 0.6 is 0 Å². The molecule has 0 amide bonds. The second-order valence-electron chi connectivity index (χ2n) is 15.5. The van der Waals surface area contributed by atoms with Gasteiger partial charge in [0.1, 0.15) is 0 Å². The molecule has 0 bridgehead atoms. The second kappa shape index (κ2) is 9.99. The van der Waals surface area contributed by atoms with E-state index in [0.717, 1.165) is 45.1 Å². The molecule has 38 heavy (non-hydrogen) atoms. The van der Waals surface area contributed by atoms with Gasteiger partial charge in [-0.15, -0.1) is 5.10 Å². The van der Waals surface area contributed by atoms with Crippen LogP contribution < -0.4 is 11.1 Å². The van der Waals surface area contributed by atoms with Crippen molar-refractivity contribution in [1.82, 2.24) is 20.6 Å². The molecule has 8 nitrogen and oxygen atoms in total. The predicted octanol–water partition coefficient (Wildman–Crippen LogP) is 4.76. The molecule has 0 spiro atoms. The summed E-state index contributed by atoms with van der Waals surface area (Å²) in [5.41, 5.74) is 7.26. The summed E-state index contributed by atoms with van der Waals surface area (Å²) in [5.74, 6) is 3.82. The van der Waals surface area contributed by atoms with E-state index >= 15 is 0 Å². The predicted molar refractivity (Wildman–Crippen MR) is 150 cm³/mol. The first-order valence-corrected chi connectivity index (χ1v) is 15.4. The number of nitrogens with two attached hydrogens (primary N) is 1. The molecule has 5 rings (SSSR count). The number of aromatic amines is 1. The maximum absolute atomic E-state index is 11.6. The molecule has 1 heterocycles. The Labute approximate surface area is 229 Å². The smallest absolute Gasteiger partial charge is 0.263 e. The lowest BCUT2D eigenvalue weighted by molar-refractivity contribution is -0.176. The van der Waals surface area contributed by atoms with Crippen LogP contribution in [0.25, 0.3) is 0 Å². The van der Waals surface area contributed by atoms with E-state index in [1.54, 1.807) is 0 Å². The number of nitrogens with zero attached hydrogens (tertiary/aromatic N) is 3. The van der Waals surface area contributed by atoms with Gasteiger partial charge in [-0.3, -0.25) is 0 Å². The summed E-state index contributed by atoms with van der Waals surface area (Å²) in [6, 6.07) is 0. The van der Waals surface area contributed by atoms with Gasteiger partial charge in [0, 0.05) is 12.1 Å².